The quantitative estimate of drug-likeness (QED) is 0.827. The summed E-state index contributed by atoms with van der Waals surface area (Å²) in [5.41, 5.74) is 5.69. The molecule has 1 rings (SSSR count). The van der Waals surface area contributed by atoms with E-state index in [9.17, 15) is 0 Å². The summed E-state index contributed by atoms with van der Waals surface area (Å²) in [6.45, 7) is 5.63. The molecule has 4 nitrogen and oxygen atoms in total. The highest BCUT2D eigenvalue weighted by Gasteiger charge is 2.15. The lowest BCUT2D eigenvalue weighted by Crippen LogP contribution is -2.31. The van der Waals surface area contributed by atoms with Crippen molar-refractivity contribution in [3.8, 4) is 0 Å². The zero-order valence-corrected chi connectivity index (χ0v) is 10.6. The first-order valence-electron chi connectivity index (χ1n) is 4.45. The molecule has 1 heterocycles. The number of hydrogen-bond donors (Lipinski definition) is 2. The maximum Gasteiger partial charge on any atom is 0.222 e. The molecular formula is C9H15IN4. The summed E-state index contributed by atoms with van der Waals surface area (Å²) in [4.78, 5) is 8.29. The van der Waals surface area contributed by atoms with Crippen LogP contribution in [0.4, 0.5) is 5.95 Å². The van der Waals surface area contributed by atoms with E-state index in [-0.39, 0.29) is 5.41 Å². The fourth-order valence-electron chi connectivity index (χ4n) is 0.794. The van der Waals surface area contributed by atoms with E-state index < -0.39 is 0 Å². The molecule has 0 aliphatic rings. The zero-order valence-electron chi connectivity index (χ0n) is 8.42. The molecule has 78 valence electrons. The molecule has 0 aliphatic carbocycles. The first kappa shape index (κ1) is 11.6. The molecule has 0 fully saturated rings. The molecule has 1 aromatic heterocycles. The van der Waals surface area contributed by atoms with Crippen molar-refractivity contribution in [2.24, 2.45) is 11.1 Å². The van der Waals surface area contributed by atoms with Crippen LogP contribution >= 0.6 is 22.6 Å². The lowest BCUT2D eigenvalue weighted by molar-refractivity contribution is 0.404. The van der Waals surface area contributed by atoms with Crippen LogP contribution in [0.15, 0.2) is 12.4 Å². The minimum Gasteiger partial charge on any atom is -0.354 e. The second kappa shape index (κ2) is 4.88. The minimum atomic E-state index is 0.0758. The van der Waals surface area contributed by atoms with Gasteiger partial charge in [0.15, 0.2) is 0 Å². The van der Waals surface area contributed by atoms with Crippen LogP contribution in [-0.4, -0.2) is 23.1 Å². The van der Waals surface area contributed by atoms with Crippen LogP contribution in [0.2, 0.25) is 0 Å². The van der Waals surface area contributed by atoms with Crippen molar-refractivity contribution < 1.29 is 0 Å². The van der Waals surface area contributed by atoms with Gasteiger partial charge in [-0.3, -0.25) is 0 Å². The van der Waals surface area contributed by atoms with Crippen molar-refractivity contribution in [1.82, 2.24) is 9.97 Å². The van der Waals surface area contributed by atoms with Crippen LogP contribution in [-0.2, 0) is 0 Å². The monoisotopic (exact) mass is 306 g/mol. The molecule has 0 bridgehead atoms. The molecule has 0 atom stereocenters. The number of halogens is 1. The number of hydrogen-bond acceptors (Lipinski definition) is 4. The van der Waals surface area contributed by atoms with Gasteiger partial charge < -0.3 is 11.1 Å². The lowest BCUT2D eigenvalue weighted by Gasteiger charge is -2.22. The largest absolute Gasteiger partial charge is 0.354 e. The molecule has 0 aliphatic heterocycles. The highest BCUT2D eigenvalue weighted by molar-refractivity contribution is 14.1. The van der Waals surface area contributed by atoms with Crippen LogP contribution in [0, 0.1) is 8.99 Å². The molecular weight excluding hydrogens is 291 g/mol. The average molecular weight is 306 g/mol. The van der Waals surface area contributed by atoms with Crippen molar-refractivity contribution in [2.45, 2.75) is 13.8 Å². The van der Waals surface area contributed by atoms with Gasteiger partial charge in [-0.15, -0.1) is 0 Å². The Bertz CT molecular complexity index is 283. The number of nitrogens with two attached hydrogens (primary N) is 1. The fraction of sp³-hybridized carbons (Fsp3) is 0.556. The predicted octanol–water partition coefficient (Wildman–Crippen LogP) is 1.48. The van der Waals surface area contributed by atoms with Crippen molar-refractivity contribution in [1.29, 1.82) is 0 Å². The number of anilines is 1. The van der Waals surface area contributed by atoms with Crippen molar-refractivity contribution in [2.75, 3.05) is 18.4 Å². The van der Waals surface area contributed by atoms with Gasteiger partial charge in [0.25, 0.3) is 0 Å². The molecule has 5 heteroatoms. The Morgan fingerprint density at radius 3 is 2.50 bits per heavy atom. The summed E-state index contributed by atoms with van der Waals surface area (Å²) in [5, 5.41) is 3.16. The van der Waals surface area contributed by atoms with Gasteiger partial charge in [-0.1, -0.05) is 13.8 Å². The molecule has 1 aromatic rings. The van der Waals surface area contributed by atoms with Gasteiger partial charge in [0, 0.05) is 22.5 Å². The van der Waals surface area contributed by atoms with Crippen molar-refractivity contribution in [3.05, 3.63) is 16.0 Å². The Hall–Kier alpha value is -0.430. The van der Waals surface area contributed by atoms with Crippen LogP contribution in [0.1, 0.15) is 13.8 Å². The smallest absolute Gasteiger partial charge is 0.222 e. The van der Waals surface area contributed by atoms with Gasteiger partial charge >= 0.3 is 0 Å². The van der Waals surface area contributed by atoms with Gasteiger partial charge in [0.1, 0.15) is 0 Å². The third-order valence-electron chi connectivity index (χ3n) is 1.90. The van der Waals surface area contributed by atoms with Crippen LogP contribution in [0.25, 0.3) is 0 Å². The highest BCUT2D eigenvalue weighted by atomic mass is 127. The number of rotatable bonds is 4. The summed E-state index contributed by atoms with van der Waals surface area (Å²) in [7, 11) is 0. The van der Waals surface area contributed by atoms with Gasteiger partial charge in [-0.05, 0) is 34.6 Å². The maximum atomic E-state index is 5.61. The predicted molar refractivity (Wildman–Crippen MR) is 66.1 cm³/mol. The molecule has 3 N–H and O–H groups in total. The third kappa shape index (κ3) is 3.75. The SMILES string of the molecule is CC(C)(CN)CNc1ncc(I)cn1. The summed E-state index contributed by atoms with van der Waals surface area (Å²) >= 11 is 2.18. The molecule has 0 saturated heterocycles. The topological polar surface area (TPSA) is 63.8 Å². The van der Waals surface area contributed by atoms with E-state index in [2.05, 4.69) is 51.7 Å². The Kier molecular flexibility index (Phi) is 4.06. The fourth-order valence-corrected chi connectivity index (χ4v) is 1.07. The first-order chi connectivity index (χ1) is 6.53. The zero-order chi connectivity index (χ0) is 10.6. The Balaban J connectivity index is 2.50. The van der Waals surface area contributed by atoms with E-state index in [1.165, 1.54) is 0 Å². The third-order valence-corrected chi connectivity index (χ3v) is 2.46. The summed E-state index contributed by atoms with van der Waals surface area (Å²) in [6, 6.07) is 0. The number of nitrogens with zero attached hydrogens (tertiary/aromatic N) is 2. The first-order valence-corrected chi connectivity index (χ1v) is 5.53. The second-order valence-corrected chi connectivity index (χ2v) is 5.19. The molecule has 14 heavy (non-hydrogen) atoms. The molecule has 0 amide bonds. The average Bonchev–Trinajstić information content (AvgIpc) is 2.17. The Labute approximate surface area is 97.8 Å². The highest BCUT2D eigenvalue weighted by Crippen LogP contribution is 2.12. The van der Waals surface area contributed by atoms with E-state index in [4.69, 9.17) is 5.73 Å². The molecule has 0 spiro atoms. The van der Waals surface area contributed by atoms with E-state index in [0.717, 1.165) is 10.1 Å². The normalized spacial score (nSPS) is 11.4. The van der Waals surface area contributed by atoms with Crippen LogP contribution in [0.3, 0.4) is 0 Å². The van der Waals surface area contributed by atoms with E-state index in [1.807, 2.05) is 0 Å². The molecule has 0 radical (unpaired) electrons. The number of nitrogens with one attached hydrogen (secondary N) is 1. The molecule has 0 aromatic carbocycles. The maximum absolute atomic E-state index is 5.61. The summed E-state index contributed by atoms with van der Waals surface area (Å²) in [6.07, 6.45) is 3.57. The lowest BCUT2D eigenvalue weighted by atomic mass is 9.94. The Morgan fingerprint density at radius 1 is 1.43 bits per heavy atom. The summed E-state index contributed by atoms with van der Waals surface area (Å²) in [5.74, 6) is 0.659. The van der Waals surface area contributed by atoms with Gasteiger partial charge in [-0.25, -0.2) is 9.97 Å². The second-order valence-electron chi connectivity index (χ2n) is 3.95. The number of aromatic nitrogens is 2. The minimum absolute atomic E-state index is 0.0758. The molecule has 0 saturated carbocycles. The van der Waals surface area contributed by atoms with E-state index in [1.54, 1.807) is 12.4 Å². The van der Waals surface area contributed by atoms with Crippen molar-refractivity contribution in [3.63, 3.8) is 0 Å². The van der Waals surface area contributed by atoms with Gasteiger partial charge in [0.05, 0.1) is 0 Å². The van der Waals surface area contributed by atoms with Crippen LogP contribution in [0.5, 0.6) is 0 Å². The standard InChI is InChI=1S/C9H15IN4/c1-9(2,5-11)6-14-8-12-3-7(10)4-13-8/h3-4H,5-6,11H2,1-2H3,(H,12,13,14). The summed E-state index contributed by atoms with van der Waals surface area (Å²) < 4.78 is 1.03. The van der Waals surface area contributed by atoms with Gasteiger partial charge in [0.2, 0.25) is 5.95 Å². The van der Waals surface area contributed by atoms with E-state index >= 15 is 0 Å². The van der Waals surface area contributed by atoms with E-state index in [0.29, 0.717) is 12.5 Å². The molecule has 0 unspecified atom stereocenters. The Morgan fingerprint density at radius 2 is 2.00 bits per heavy atom. The van der Waals surface area contributed by atoms with Gasteiger partial charge in [-0.2, -0.15) is 0 Å². The van der Waals surface area contributed by atoms with Crippen LogP contribution < -0.4 is 11.1 Å². The van der Waals surface area contributed by atoms with Crippen molar-refractivity contribution >= 4 is 28.5 Å².